The van der Waals surface area contributed by atoms with Gasteiger partial charge in [-0.2, -0.15) is 0 Å². The Kier molecular flexibility index (Phi) is 6.02. The van der Waals surface area contributed by atoms with Crippen molar-refractivity contribution in [3.63, 3.8) is 0 Å². The Bertz CT molecular complexity index is 883. The minimum Gasteiger partial charge on any atom is -0.548 e. The summed E-state index contributed by atoms with van der Waals surface area (Å²) in [5.74, 6) is -1.46. The third-order valence-electron chi connectivity index (χ3n) is 4.13. The standard InChI is InChI=1S/C19H23NO6/c1-10(2)7-15(18(22)23)20-17(21)9-25-13-5-6-14-11(3)12(4)19(24)26-16(14)8-13/h5-6,8,10,15H,7,9H2,1-4H3,(H,20,21)(H,22,23)/p-1/t15-/m0/s1. The number of carboxylic acids is 1. The molecule has 1 amide bonds. The average molecular weight is 360 g/mol. The number of aryl methyl sites for hydroxylation is 1. The number of rotatable bonds is 7. The second-order valence-electron chi connectivity index (χ2n) is 6.65. The molecule has 0 spiro atoms. The van der Waals surface area contributed by atoms with Crippen LogP contribution in [0.4, 0.5) is 0 Å². The minimum atomic E-state index is -1.33. The summed E-state index contributed by atoms with van der Waals surface area (Å²) in [6, 6.07) is 3.87. The molecule has 140 valence electrons. The van der Waals surface area contributed by atoms with Crippen LogP contribution in [-0.4, -0.2) is 24.5 Å². The van der Waals surface area contributed by atoms with E-state index in [4.69, 9.17) is 9.15 Å². The van der Waals surface area contributed by atoms with Crippen molar-refractivity contribution >= 4 is 22.8 Å². The molecule has 1 atom stereocenters. The number of carbonyl (C=O) groups is 2. The van der Waals surface area contributed by atoms with Crippen molar-refractivity contribution in [2.24, 2.45) is 5.92 Å². The van der Waals surface area contributed by atoms with Crippen molar-refractivity contribution in [2.75, 3.05) is 6.61 Å². The molecule has 0 aliphatic rings. The maximum Gasteiger partial charge on any atom is 0.339 e. The lowest BCUT2D eigenvalue weighted by atomic mass is 10.0. The smallest absolute Gasteiger partial charge is 0.339 e. The summed E-state index contributed by atoms with van der Waals surface area (Å²) in [6.07, 6.45) is 0.272. The number of nitrogens with one attached hydrogen (secondary N) is 1. The number of carboxylic acid groups (broad SMARTS) is 1. The number of fused-ring (bicyclic) bond motifs is 1. The number of ether oxygens (including phenoxy) is 1. The SMILES string of the molecule is Cc1c(C)c2ccc(OCC(=O)N[C@@H](CC(C)C)C(=O)[O-])cc2oc1=O. The molecule has 0 fully saturated rings. The van der Waals surface area contributed by atoms with Gasteiger partial charge in [-0.15, -0.1) is 0 Å². The van der Waals surface area contributed by atoms with Crippen LogP contribution in [0.25, 0.3) is 11.0 Å². The highest BCUT2D eigenvalue weighted by atomic mass is 16.5. The fraction of sp³-hybridized carbons (Fsp3) is 0.421. The van der Waals surface area contributed by atoms with E-state index in [0.29, 0.717) is 16.9 Å². The van der Waals surface area contributed by atoms with E-state index in [0.717, 1.165) is 10.9 Å². The molecule has 1 aromatic carbocycles. The summed E-state index contributed by atoms with van der Waals surface area (Å²) in [7, 11) is 0. The van der Waals surface area contributed by atoms with E-state index >= 15 is 0 Å². The highest BCUT2D eigenvalue weighted by molar-refractivity contribution is 5.84. The summed E-state index contributed by atoms with van der Waals surface area (Å²) in [5, 5.41) is 14.2. The Labute approximate surface area is 151 Å². The van der Waals surface area contributed by atoms with Crippen molar-refractivity contribution in [1.82, 2.24) is 5.32 Å². The van der Waals surface area contributed by atoms with Crippen LogP contribution in [0.5, 0.6) is 5.75 Å². The zero-order valence-corrected chi connectivity index (χ0v) is 15.3. The summed E-state index contributed by atoms with van der Waals surface area (Å²) in [4.78, 5) is 34.8. The normalized spacial score (nSPS) is 12.2. The molecule has 0 saturated heterocycles. The van der Waals surface area contributed by atoms with Crippen LogP contribution >= 0.6 is 0 Å². The maximum absolute atomic E-state index is 11.9. The molecule has 0 saturated carbocycles. The topological polar surface area (TPSA) is 109 Å². The molecule has 0 radical (unpaired) electrons. The van der Waals surface area contributed by atoms with E-state index in [1.807, 2.05) is 20.8 Å². The molecule has 0 bridgehead atoms. The fourth-order valence-corrected chi connectivity index (χ4v) is 2.59. The molecule has 1 heterocycles. The minimum absolute atomic E-state index is 0.0919. The van der Waals surface area contributed by atoms with Gasteiger partial charge in [0, 0.05) is 17.0 Å². The van der Waals surface area contributed by atoms with Crippen LogP contribution in [0, 0.1) is 19.8 Å². The van der Waals surface area contributed by atoms with Crippen molar-refractivity contribution in [3.8, 4) is 5.75 Å². The number of carbonyl (C=O) groups excluding carboxylic acids is 2. The van der Waals surface area contributed by atoms with Gasteiger partial charge in [0.2, 0.25) is 0 Å². The second kappa shape index (κ2) is 8.03. The highest BCUT2D eigenvalue weighted by Crippen LogP contribution is 2.23. The number of benzene rings is 1. The van der Waals surface area contributed by atoms with Crippen LogP contribution in [0.1, 0.15) is 31.4 Å². The Balaban J connectivity index is 2.07. The molecule has 2 aromatic rings. The number of hydrogen-bond acceptors (Lipinski definition) is 6. The van der Waals surface area contributed by atoms with Crippen molar-refractivity contribution < 1.29 is 23.8 Å². The average Bonchev–Trinajstić information content (AvgIpc) is 2.56. The van der Waals surface area contributed by atoms with Crippen molar-refractivity contribution in [3.05, 3.63) is 39.7 Å². The van der Waals surface area contributed by atoms with E-state index in [9.17, 15) is 19.5 Å². The lowest BCUT2D eigenvalue weighted by Gasteiger charge is -2.21. The van der Waals surface area contributed by atoms with Crippen LogP contribution in [-0.2, 0) is 9.59 Å². The van der Waals surface area contributed by atoms with Gasteiger partial charge >= 0.3 is 5.63 Å². The zero-order chi connectivity index (χ0) is 19.4. The van der Waals surface area contributed by atoms with E-state index < -0.39 is 23.5 Å². The Hall–Kier alpha value is -2.83. The van der Waals surface area contributed by atoms with E-state index in [2.05, 4.69) is 5.32 Å². The highest BCUT2D eigenvalue weighted by Gasteiger charge is 2.16. The van der Waals surface area contributed by atoms with Gasteiger partial charge in [-0.25, -0.2) is 4.79 Å². The van der Waals surface area contributed by atoms with E-state index in [-0.39, 0.29) is 18.9 Å². The Morgan fingerprint density at radius 2 is 1.92 bits per heavy atom. The summed E-state index contributed by atoms with van der Waals surface area (Å²) < 4.78 is 10.6. The molecular formula is C19H22NO6-. The van der Waals surface area contributed by atoms with Gasteiger partial charge in [-0.05, 0) is 43.9 Å². The van der Waals surface area contributed by atoms with Crippen molar-refractivity contribution in [2.45, 2.75) is 40.2 Å². The monoisotopic (exact) mass is 360 g/mol. The fourth-order valence-electron chi connectivity index (χ4n) is 2.59. The largest absolute Gasteiger partial charge is 0.548 e. The molecule has 7 nitrogen and oxygen atoms in total. The summed E-state index contributed by atoms with van der Waals surface area (Å²) in [6.45, 7) is 6.87. The molecule has 7 heteroatoms. The molecule has 1 aromatic heterocycles. The predicted octanol–water partition coefficient (Wildman–Crippen LogP) is 1.07. The first-order valence-electron chi connectivity index (χ1n) is 8.36. The van der Waals surface area contributed by atoms with Gasteiger partial charge in [0.15, 0.2) is 6.61 Å². The third-order valence-corrected chi connectivity index (χ3v) is 4.13. The third kappa shape index (κ3) is 4.62. The molecule has 2 rings (SSSR count). The summed E-state index contributed by atoms with van der Waals surface area (Å²) in [5.41, 5.74) is 1.31. The number of hydrogen-bond donors (Lipinski definition) is 1. The van der Waals surface area contributed by atoms with E-state index in [1.165, 1.54) is 6.07 Å². The van der Waals surface area contributed by atoms with Gasteiger partial charge in [0.1, 0.15) is 11.3 Å². The molecule has 1 N–H and O–H groups in total. The van der Waals surface area contributed by atoms with Crippen LogP contribution in [0.15, 0.2) is 27.4 Å². The van der Waals surface area contributed by atoms with Gasteiger partial charge < -0.3 is 24.4 Å². The first-order valence-corrected chi connectivity index (χ1v) is 8.36. The van der Waals surface area contributed by atoms with Crippen LogP contribution in [0.3, 0.4) is 0 Å². The maximum atomic E-state index is 11.9. The molecule has 0 unspecified atom stereocenters. The molecule has 26 heavy (non-hydrogen) atoms. The first-order chi connectivity index (χ1) is 12.2. The number of amides is 1. The second-order valence-corrected chi connectivity index (χ2v) is 6.65. The van der Waals surface area contributed by atoms with Crippen LogP contribution < -0.4 is 20.8 Å². The summed E-state index contributed by atoms with van der Waals surface area (Å²) >= 11 is 0. The number of aliphatic carboxylic acids is 1. The molecule has 0 aliphatic carbocycles. The first kappa shape index (κ1) is 19.5. The van der Waals surface area contributed by atoms with E-state index in [1.54, 1.807) is 19.1 Å². The predicted molar refractivity (Wildman–Crippen MR) is 93.8 cm³/mol. The lowest BCUT2D eigenvalue weighted by Crippen LogP contribution is -2.49. The van der Waals surface area contributed by atoms with Gasteiger partial charge in [0.05, 0.1) is 12.0 Å². The van der Waals surface area contributed by atoms with Gasteiger partial charge in [-0.3, -0.25) is 4.79 Å². The zero-order valence-electron chi connectivity index (χ0n) is 15.3. The van der Waals surface area contributed by atoms with Gasteiger partial charge in [-0.1, -0.05) is 13.8 Å². The molecule has 0 aliphatic heterocycles. The van der Waals surface area contributed by atoms with Crippen molar-refractivity contribution in [1.29, 1.82) is 0 Å². The lowest BCUT2D eigenvalue weighted by molar-refractivity contribution is -0.308. The van der Waals surface area contributed by atoms with Gasteiger partial charge in [0.25, 0.3) is 5.91 Å². The van der Waals surface area contributed by atoms with Crippen LogP contribution in [0.2, 0.25) is 0 Å². The Morgan fingerprint density at radius 3 is 2.54 bits per heavy atom. The Morgan fingerprint density at radius 1 is 1.23 bits per heavy atom. The molecular weight excluding hydrogens is 338 g/mol. The quantitative estimate of drug-likeness (QED) is 0.740.